The molecule has 5 N–H and O–H groups in total. The molecule has 0 radical (unpaired) electrons. The van der Waals surface area contributed by atoms with Crippen LogP contribution in [0.25, 0.3) is 0 Å². The molecule has 0 aliphatic heterocycles. The first-order valence-electron chi connectivity index (χ1n) is 8.71. The topological polar surface area (TPSA) is 121 Å². The van der Waals surface area contributed by atoms with E-state index >= 15 is 0 Å². The van der Waals surface area contributed by atoms with Crippen molar-refractivity contribution < 1.29 is 30.3 Å². The molecule has 0 heterocycles. The van der Waals surface area contributed by atoms with Crippen molar-refractivity contribution in [3.63, 3.8) is 0 Å². The third-order valence-corrected chi connectivity index (χ3v) is 4.23. The summed E-state index contributed by atoms with van der Waals surface area (Å²) >= 11 is 0. The molecule has 152 valence electrons. The maximum atomic E-state index is 11.4. The summed E-state index contributed by atoms with van der Waals surface area (Å²) in [4.78, 5) is 13.1. The molecule has 2 rings (SSSR count). The van der Waals surface area contributed by atoms with Crippen LogP contribution in [0.3, 0.4) is 0 Å². The number of nitrogens with zero attached hydrogens (tertiary/aromatic N) is 1. The lowest BCUT2D eigenvalue weighted by atomic mass is 10.1. The molecule has 0 fully saturated rings. The molecular weight excluding hydrogens is 374 g/mol. The minimum absolute atomic E-state index is 0.0806. The van der Waals surface area contributed by atoms with E-state index in [0.29, 0.717) is 16.8 Å². The first-order valence-corrected chi connectivity index (χ1v) is 8.71. The Labute approximate surface area is 168 Å². The Kier molecular flexibility index (Phi) is 6.92. The molecule has 0 aromatic heterocycles. The molecule has 7 nitrogen and oxygen atoms in total. The van der Waals surface area contributed by atoms with Crippen LogP contribution in [-0.4, -0.2) is 38.0 Å². The number of benzene rings is 2. The molecule has 0 saturated heterocycles. The van der Waals surface area contributed by atoms with Crippen molar-refractivity contribution in [3.05, 3.63) is 89.4 Å². The number of hydrogen-bond donors (Lipinski definition) is 5. The molecule has 0 aliphatic rings. The molecule has 0 bridgehead atoms. The molecule has 2 aromatic carbocycles. The average Bonchev–Trinajstić information content (AvgIpc) is 2.67. The molecule has 2 aromatic rings. The molecule has 0 amide bonds. The highest BCUT2D eigenvalue weighted by atomic mass is 16.4. The maximum absolute atomic E-state index is 11.4. The van der Waals surface area contributed by atoms with Crippen LogP contribution >= 0.6 is 0 Å². The van der Waals surface area contributed by atoms with Gasteiger partial charge in [0.05, 0.1) is 0 Å². The number of aliphatic hydroxyl groups excluding tert-OH is 2. The lowest BCUT2D eigenvalue weighted by Crippen LogP contribution is -2.25. The maximum Gasteiger partial charge on any atom is 0.339 e. The van der Waals surface area contributed by atoms with E-state index in [1.807, 2.05) is 0 Å². The van der Waals surface area contributed by atoms with Crippen molar-refractivity contribution in [1.82, 2.24) is 0 Å². The fourth-order valence-electron chi connectivity index (χ4n) is 2.67. The van der Waals surface area contributed by atoms with E-state index in [1.54, 1.807) is 42.2 Å². The Morgan fingerprint density at radius 2 is 1.72 bits per heavy atom. The number of anilines is 1. The largest absolute Gasteiger partial charge is 0.509 e. The van der Waals surface area contributed by atoms with Gasteiger partial charge >= 0.3 is 5.97 Å². The quantitative estimate of drug-likeness (QED) is 0.333. The SMILES string of the molecule is C=C(O)/C=C\C(O)=C(/C)CN(Cc1ccccc1O)c1ccc(O)c(C(=O)O)c1. The van der Waals surface area contributed by atoms with Crippen LogP contribution in [-0.2, 0) is 6.54 Å². The highest BCUT2D eigenvalue weighted by Gasteiger charge is 2.16. The number of hydrogen-bond acceptors (Lipinski definition) is 6. The van der Waals surface area contributed by atoms with Crippen LogP contribution in [0.1, 0.15) is 22.8 Å². The summed E-state index contributed by atoms with van der Waals surface area (Å²) in [6.07, 6.45) is 2.55. The first kappa shape index (κ1) is 21.4. The van der Waals surface area contributed by atoms with Gasteiger partial charge in [-0.2, -0.15) is 0 Å². The van der Waals surface area contributed by atoms with Crippen molar-refractivity contribution in [2.45, 2.75) is 13.5 Å². The van der Waals surface area contributed by atoms with Crippen molar-refractivity contribution in [3.8, 4) is 11.5 Å². The number of allylic oxidation sites excluding steroid dienone is 2. The number of aromatic carboxylic acids is 1. The standard InChI is InChI=1S/C22H23NO6/c1-14(19(25)9-7-15(2)24)12-23(13-16-5-3-4-6-20(16)26)17-8-10-21(27)18(11-17)22(28)29/h3-11,24-27H,2,12-13H2,1H3,(H,28,29)/b9-7-,19-14-. The molecule has 0 spiro atoms. The van der Waals surface area contributed by atoms with E-state index in [9.17, 15) is 25.2 Å². The van der Waals surface area contributed by atoms with Crippen molar-refractivity contribution in [2.24, 2.45) is 0 Å². The monoisotopic (exact) mass is 397 g/mol. The van der Waals surface area contributed by atoms with Gasteiger partial charge in [-0.25, -0.2) is 4.79 Å². The van der Waals surface area contributed by atoms with Gasteiger partial charge in [0, 0.05) is 24.3 Å². The molecule has 0 aliphatic carbocycles. The number of carboxylic acid groups (broad SMARTS) is 1. The summed E-state index contributed by atoms with van der Waals surface area (Å²) in [6.45, 7) is 5.40. The summed E-state index contributed by atoms with van der Waals surface area (Å²) in [5, 5.41) is 48.5. The van der Waals surface area contributed by atoms with Gasteiger partial charge in [0.2, 0.25) is 0 Å². The number of aliphatic hydroxyl groups is 2. The van der Waals surface area contributed by atoms with Gasteiger partial charge in [-0.05, 0) is 48.9 Å². The minimum Gasteiger partial charge on any atom is -0.509 e. The van der Waals surface area contributed by atoms with E-state index in [0.717, 1.165) is 0 Å². The molecular formula is C22H23NO6. The predicted octanol–water partition coefficient (Wildman–Crippen LogP) is 4.26. The van der Waals surface area contributed by atoms with Gasteiger partial charge in [-0.3, -0.25) is 0 Å². The summed E-state index contributed by atoms with van der Waals surface area (Å²) in [7, 11) is 0. The predicted molar refractivity (Wildman–Crippen MR) is 110 cm³/mol. The number of aromatic hydroxyl groups is 2. The molecule has 0 atom stereocenters. The van der Waals surface area contributed by atoms with E-state index in [2.05, 4.69) is 6.58 Å². The van der Waals surface area contributed by atoms with Crippen LogP contribution in [0.15, 0.2) is 78.3 Å². The smallest absolute Gasteiger partial charge is 0.339 e. The summed E-state index contributed by atoms with van der Waals surface area (Å²) in [5.41, 5.74) is 1.35. The lowest BCUT2D eigenvalue weighted by molar-refractivity contribution is 0.0693. The van der Waals surface area contributed by atoms with E-state index in [1.165, 1.54) is 24.3 Å². The second-order valence-corrected chi connectivity index (χ2v) is 6.48. The number of phenols is 2. The fourth-order valence-corrected chi connectivity index (χ4v) is 2.67. The van der Waals surface area contributed by atoms with Crippen molar-refractivity contribution in [2.75, 3.05) is 11.4 Å². The van der Waals surface area contributed by atoms with E-state index < -0.39 is 5.97 Å². The van der Waals surface area contributed by atoms with Gasteiger partial charge in [-0.15, -0.1) is 0 Å². The third-order valence-electron chi connectivity index (χ3n) is 4.23. The van der Waals surface area contributed by atoms with Crippen LogP contribution in [0.5, 0.6) is 11.5 Å². The summed E-state index contributed by atoms with van der Waals surface area (Å²) in [6, 6.07) is 10.9. The number of carboxylic acids is 1. The Hall–Kier alpha value is -3.87. The van der Waals surface area contributed by atoms with Gasteiger partial charge in [-0.1, -0.05) is 24.8 Å². The fraction of sp³-hybridized carbons (Fsp3) is 0.136. The van der Waals surface area contributed by atoms with Crippen LogP contribution in [0.4, 0.5) is 5.69 Å². The highest BCUT2D eigenvalue weighted by molar-refractivity contribution is 5.92. The highest BCUT2D eigenvalue weighted by Crippen LogP contribution is 2.28. The van der Waals surface area contributed by atoms with Crippen molar-refractivity contribution >= 4 is 11.7 Å². The second-order valence-electron chi connectivity index (χ2n) is 6.48. The Balaban J connectivity index is 2.45. The second kappa shape index (κ2) is 9.36. The van der Waals surface area contributed by atoms with Gasteiger partial charge in [0.25, 0.3) is 0 Å². The van der Waals surface area contributed by atoms with Gasteiger partial charge < -0.3 is 30.4 Å². The Morgan fingerprint density at radius 1 is 1.03 bits per heavy atom. The number of carbonyl (C=O) groups is 1. The average molecular weight is 397 g/mol. The van der Waals surface area contributed by atoms with E-state index in [4.69, 9.17) is 5.11 Å². The molecule has 7 heteroatoms. The molecule has 0 saturated carbocycles. The van der Waals surface area contributed by atoms with Gasteiger partial charge in [0.1, 0.15) is 28.6 Å². The number of phenolic OH excluding ortho intramolecular Hbond substituents is 1. The zero-order valence-electron chi connectivity index (χ0n) is 15.9. The zero-order chi connectivity index (χ0) is 21.6. The van der Waals surface area contributed by atoms with Crippen molar-refractivity contribution in [1.29, 1.82) is 0 Å². The third kappa shape index (κ3) is 5.80. The normalized spacial score (nSPS) is 11.9. The lowest BCUT2D eigenvalue weighted by Gasteiger charge is -2.26. The number of para-hydroxylation sites is 1. The minimum atomic E-state index is -1.27. The Morgan fingerprint density at radius 3 is 2.34 bits per heavy atom. The van der Waals surface area contributed by atoms with Crippen LogP contribution in [0.2, 0.25) is 0 Å². The Bertz CT molecular complexity index is 977. The summed E-state index contributed by atoms with van der Waals surface area (Å²) in [5.74, 6) is -1.84. The zero-order valence-corrected chi connectivity index (χ0v) is 15.9. The first-order chi connectivity index (χ1) is 13.7. The van der Waals surface area contributed by atoms with Crippen LogP contribution < -0.4 is 4.90 Å². The number of rotatable bonds is 8. The van der Waals surface area contributed by atoms with Gasteiger partial charge in [0.15, 0.2) is 0 Å². The molecule has 29 heavy (non-hydrogen) atoms. The molecule has 0 unspecified atom stereocenters. The van der Waals surface area contributed by atoms with E-state index in [-0.39, 0.29) is 41.7 Å². The van der Waals surface area contributed by atoms with Crippen LogP contribution in [0, 0.1) is 0 Å². The summed E-state index contributed by atoms with van der Waals surface area (Å²) < 4.78 is 0.